The highest BCUT2D eigenvalue weighted by Crippen LogP contribution is 2.25. The zero-order valence-corrected chi connectivity index (χ0v) is 10.9. The molecule has 17 heavy (non-hydrogen) atoms. The summed E-state index contributed by atoms with van der Waals surface area (Å²) in [6.07, 6.45) is 4.11. The molecule has 0 aliphatic heterocycles. The molecule has 2 heterocycles. The van der Waals surface area contributed by atoms with Crippen LogP contribution in [0, 0.1) is 0 Å². The van der Waals surface area contributed by atoms with Crippen LogP contribution in [-0.2, 0) is 18.2 Å². The lowest BCUT2D eigenvalue weighted by molar-refractivity contribution is 0.0606. The Hall–Kier alpha value is -1.40. The van der Waals surface area contributed by atoms with Crippen LogP contribution in [-0.4, -0.2) is 27.6 Å². The van der Waals surface area contributed by atoms with E-state index in [4.69, 9.17) is 11.6 Å². The van der Waals surface area contributed by atoms with Gasteiger partial charge in [0.1, 0.15) is 10.8 Å². The molecule has 2 rings (SSSR count). The molecule has 0 amide bonds. The summed E-state index contributed by atoms with van der Waals surface area (Å²) < 4.78 is 6.51. The summed E-state index contributed by atoms with van der Waals surface area (Å²) in [5.74, 6) is 0.408. The Morgan fingerprint density at radius 2 is 2.41 bits per heavy atom. The molecule has 2 aromatic rings. The maximum absolute atomic E-state index is 11.4. The lowest BCUT2D eigenvalue weighted by Gasteiger charge is -1.97. The van der Waals surface area contributed by atoms with E-state index in [1.807, 2.05) is 17.8 Å². The van der Waals surface area contributed by atoms with Gasteiger partial charge in [0, 0.05) is 19.4 Å². The summed E-state index contributed by atoms with van der Waals surface area (Å²) in [4.78, 5) is 20.0. The number of methoxy groups -OCH3 is 1. The van der Waals surface area contributed by atoms with Crippen LogP contribution in [0.15, 0.2) is 12.4 Å². The van der Waals surface area contributed by atoms with Crippen molar-refractivity contribution in [2.24, 2.45) is 7.05 Å². The minimum absolute atomic E-state index is 0.186. The van der Waals surface area contributed by atoms with Crippen molar-refractivity contribution in [2.75, 3.05) is 7.11 Å². The topological polar surface area (TPSA) is 57.0 Å². The van der Waals surface area contributed by atoms with Gasteiger partial charge < -0.3 is 9.30 Å². The zero-order chi connectivity index (χ0) is 12.4. The van der Waals surface area contributed by atoms with Crippen molar-refractivity contribution >= 4 is 28.9 Å². The lowest BCUT2D eigenvalue weighted by Crippen LogP contribution is -1.98. The first-order valence-corrected chi connectivity index (χ1v) is 6.01. The van der Waals surface area contributed by atoms with Crippen LogP contribution in [0.25, 0.3) is 0 Å². The molecule has 2 aromatic heterocycles. The summed E-state index contributed by atoms with van der Waals surface area (Å²) in [6.45, 7) is 0. The molecule has 0 saturated heterocycles. The first-order valence-electron chi connectivity index (χ1n) is 4.81. The summed E-state index contributed by atoms with van der Waals surface area (Å²) in [6, 6.07) is 0. The fraction of sp³-hybridized carbons (Fsp3) is 0.300. The fourth-order valence-corrected chi connectivity index (χ4v) is 2.55. The van der Waals surface area contributed by atoms with Crippen LogP contribution in [0.2, 0.25) is 5.15 Å². The van der Waals surface area contributed by atoms with Gasteiger partial charge in [0.2, 0.25) is 0 Å². The Labute approximate surface area is 107 Å². The van der Waals surface area contributed by atoms with Gasteiger partial charge in [-0.3, -0.25) is 0 Å². The van der Waals surface area contributed by atoms with Gasteiger partial charge in [-0.1, -0.05) is 11.6 Å². The van der Waals surface area contributed by atoms with Crippen LogP contribution >= 0.6 is 22.9 Å². The predicted molar refractivity (Wildman–Crippen MR) is 64.5 cm³/mol. The quantitative estimate of drug-likeness (QED) is 0.800. The number of rotatable bonds is 3. The highest BCUT2D eigenvalue weighted by molar-refractivity contribution is 7.14. The molecule has 7 heteroatoms. The second kappa shape index (κ2) is 4.85. The van der Waals surface area contributed by atoms with Crippen molar-refractivity contribution in [3.63, 3.8) is 0 Å². The number of aromatic nitrogens is 3. The number of ether oxygens (including phenoxy) is 1. The lowest BCUT2D eigenvalue weighted by atomic mass is 10.4. The number of carbonyl (C=O) groups excluding carboxylic acids is 1. The van der Waals surface area contributed by atoms with Crippen molar-refractivity contribution < 1.29 is 9.53 Å². The second-order valence-electron chi connectivity index (χ2n) is 3.35. The van der Waals surface area contributed by atoms with Crippen LogP contribution in [0.1, 0.15) is 20.5 Å². The van der Waals surface area contributed by atoms with Crippen molar-refractivity contribution in [3.05, 3.63) is 33.3 Å². The SMILES string of the molecule is COC(=O)c1sc(Cc2nccn2C)nc1Cl. The molecule has 90 valence electrons. The van der Waals surface area contributed by atoms with Gasteiger partial charge in [-0.05, 0) is 0 Å². The fourth-order valence-electron chi connectivity index (χ4n) is 1.34. The third-order valence-corrected chi connectivity index (χ3v) is 3.65. The average Bonchev–Trinajstić information content (AvgIpc) is 2.86. The van der Waals surface area contributed by atoms with Crippen LogP contribution < -0.4 is 0 Å². The van der Waals surface area contributed by atoms with E-state index >= 15 is 0 Å². The van der Waals surface area contributed by atoms with E-state index in [-0.39, 0.29) is 5.15 Å². The molecule has 0 bridgehead atoms. The van der Waals surface area contributed by atoms with Crippen molar-refractivity contribution in [1.82, 2.24) is 14.5 Å². The van der Waals surface area contributed by atoms with E-state index < -0.39 is 5.97 Å². The van der Waals surface area contributed by atoms with E-state index in [0.717, 1.165) is 10.8 Å². The Morgan fingerprint density at radius 3 is 3.00 bits per heavy atom. The molecule has 0 atom stereocenters. The number of imidazole rings is 1. The Kier molecular flexibility index (Phi) is 3.44. The molecule has 0 unspecified atom stereocenters. The molecule has 0 N–H and O–H groups in total. The van der Waals surface area contributed by atoms with Gasteiger partial charge in [-0.15, -0.1) is 11.3 Å². The highest BCUT2D eigenvalue weighted by Gasteiger charge is 2.18. The standard InChI is InChI=1S/C10H10ClN3O2S/c1-14-4-3-12-6(14)5-7-13-9(11)8(17-7)10(15)16-2/h3-4H,5H2,1-2H3. The first-order chi connectivity index (χ1) is 8.11. The predicted octanol–water partition coefficient (Wildman–Crippen LogP) is 1.91. The summed E-state index contributed by atoms with van der Waals surface area (Å²) in [5.41, 5.74) is 0. The Bertz CT molecular complexity index is 549. The first kappa shape index (κ1) is 12.1. The van der Waals surface area contributed by atoms with E-state index in [1.54, 1.807) is 6.20 Å². The monoisotopic (exact) mass is 271 g/mol. The number of hydrogen-bond donors (Lipinski definition) is 0. The molecule has 0 fully saturated rings. The maximum Gasteiger partial charge on any atom is 0.351 e. The molecule has 0 saturated carbocycles. The molecule has 0 spiro atoms. The summed E-state index contributed by atoms with van der Waals surface area (Å²) in [7, 11) is 3.22. The van der Waals surface area contributed by atoms with E-state index in [0.29, 0.717) is 11.3 Å². The van der Waals surface area contributed by atoms with Crippen molar-refractivity contribution in [3.8, 4) is 0 Å². The summed E-state index contributed by atoms with van der Waals surface area (Å²) in [5, 5.41) is 0.927. The van der Waals surface area contributed by atoms with E-state index in [9.17, 15) is 4.79 Å². The number of hydrogen-bond acceptors (Lipinski definition) is 5. The number of nitrogens with zero attached hydrogens (tertiary/aromatic N) is 3. The molecule has 0 aromatic carbocycles. The number of esters is 1. The molecule has 5 nitrogen and oxygen atoms in total. The number of carbonyl (C=O) groups is 1. The smallest absolute Gasteiger partial charge is 0.351 e. The largest absolute Gasteiger partial charge is 0.465 e. The van der Waals surface area contributed by atoms with Gasteiger partial charge in [0.25, 0.3) is 0 Å². The van der Waals surface area contributed by atoms with Crippen LogP contribution in [0.3, 0.4) is 0 Å². The average molecular weight is 272 g/mol. The minimum Gasteiger partial charge on any atom is -0.465 e. The summed E-state index contributed by atoms with van der Waals surface area (Å²) >= 11 is 7.10. The molecule has 0 aliphatic rings. The van der Waals surface area contributed by atoms with E-state index in [2.05, 4.69) is 14.7 Å². The van der Waals surface area contributed by atoms with Crippen molar-refractivity contribution in [1.29, 1.82) is 0 Å². The highest BCUT2D eigenvalue weighted by atomic mass is 35.5. The normalized spacial score (nSPS) is 10.5. The molecule has 0 radical (unpaired) electrons. The van der Waals surface area contributed by atoms with Gasteiger partial charge in [-0.25, -0.2) is 14.8 Å². The third kappa shape index (κ3) is 2.48. The molecular weight excluding hydrogens is 262 g/mol. The van der Waals surface area contributed by atoms with Gasteiger partial charge in [0.15, 0.2) is 10.0 Å². The second-order valence-corrected chi connectivity index (χ2v) is 4.79. The number of aryl methyl sites for hydroxylation is 1. The van der Waals surface area contributed by atoms with Gasteiger partial charge >= 0.3 is 5.97 Å². The maximum atomic E-state index is 11.4. The zero-order valence-electron chi connectivity index (χ0n) is 9.31. The van der Waals surface area contributed by atoms with Gasteiger partial charge in [0.05, 0.1) is 13.5 Å². The van der Waals surface area contributed by atoms with Crippen molar-refractivity contribution in [2.45, 2.75) is 6.42 Å². The Balaban J connectivity index is 2.24. The molecular formula is C10H10ClN3O2S. The van der Waals surface area contributed by atoms with Gasteiger partial charge in [-0.2, -0.15) is 0 Å². The Morgan fingerprint density at radius 1 is 1.65 bits per heavy atom. The molecule has 0 aliphatic carbocycles. The minimum atomic E-state index is -0.460. The van der Waals surface area contributed by atoms with E-state index in [1.165, 1.54) is 18.4 Å². The third-order valence-electron chi connectivity index (χ3n) is 2.23. The van der Waals surface area contributed by atoms with Crippen LogP contribution in [0.5, 0.6) is 0 Å². The number of thiazole rings is 1. The number of halogens is 1. The van der Waals surface area contributed by atoms with Crippen LogP contribution in [0.4, 0.5) is 0 Å².